The van der Waals surface area contributed by atoms with E-state index in [0.29, 0.717) is 24.4 Å². The molecule has 126 valence electrons. The number of hydrogen-bond donors (Lipinski definition) is 1. The van der Waals surface area contributed by atoms with Gasteiger partial charge >= 0.3 is 0 Å². The number of benzene rings is 1. The van der Waals surface area contributed by atoms with Gasteiger partial charge in [0.15, 0.2) is 17.0 Å². The molecule has 0 saturated carbocycles. The molecule has 0 aliphatic rings. The zero-order chi connectivity index (χ0) is 17.1. The van der Waals surface area contributed by atoms with Gasteiger partial charge in [0.05, 0.1) is 19.4 Å². The number of anilines is 1. The predicted molar refractivity (Wildman–Crippen MR) is 94.1 cm³/mol. The SMILES string of the molecule is CCc1nc(NCc2ccco2)c2nnn(Cc3ccccc3)c2n1. The molecule has 0 saturated heterocycles. The molecule has 4 aromatic rings. The van der Waals surface area contributed by atoms with Crippen LogP contribution in [0.3, 0.4) is 0 Å². The summed E-state index contributed by atoms with van der Waals surface area (Å²) < 4.78 is 7.17. The number of aromatic nitrogens is 5. The van der Waals surface area contributed by atoms with Crippen LogP contribution in [0, 0.1) is 0 Å². The highest BCUT2D eigenvalue weighted by molar-refractivity contribution is 5.82. The van der Waals surface area contributed by atoms with Gasteiger partial charge in [-0.3, -0.25) is 0 Å². The van der Waals surface area contributed by atoms with Crippen molar-refractivity contribution in [1.29, 1.82) is 0 Å². The van der Waals surface area contributed by atoms with Crippen molar-refractivity contribution >= 4 is 17.0 Å². The molecule has 3 heterocycles. The summed E-state index contributed by atoms with van der Waals surface area (Å²) in [6.07, 6.45) is 2.39. The second-order valence-electron chi connectivity index (χ2n) is 5.68. The molecule has 0 radical (unpaired) electrons. The predicted octanol–water partition coefficient (Wildman–Crippen LogP) is 3.04. The molecule has 0 amide bonds. The first-order valence-electron chi connectivity index (χ1n) is 8.24. The largest absolute Gasteiger partial charge is 0.467 e. The summed E-state index contributed by atoms with van der Waals surface area (Å²) in [6.45, 7) is 3.19. The third-order valence-electron chi connectivity index (χ3n) is 3.91. The Morgan fingerprint density at radius 3 is 2.72 bits per heavy atom. The number of aryl methyl sites for hydroxylation is 1. The van der Waals surface area contributed by atoms with Crippen LogP contribution >= 0.6 is 0 Å². The van der Waals surface area contributed by atoms with Gasteiger partial charge in [0.25, 0.3) is 0 Å². The lowest BCUT2D eigenvalue weighted by atomic mass is 10.2. The molecule has 4 rings (SSSR count). The van der Waals surface area contributed by atoms with E-state index in [1.807, 2.05) is 41.9 Å². The van der Waals surface area contributed by atoms with Crippen molar-refractivity contribution in [2.45, 2.75) is 26.4 Å². The normalized spacial score (nSPS) is 11.1. The Morgan fingerprint density at radius 1 is 1.08 bits per heavy atom. The number of rotatable bonds is 6. The highest BCUT2D eigenvalue weighted by Crippen LogP contribution is 2.19. The van der Waals surface area contributed by atoms with Crippen LogP contribution in [0.4, 0.5) is 5.82 Å². The zero-order valence-electron chi connectivity index (χ0n) is 13.9. The minimum Gasteiger partial charge on any atom is -0.467 e. The minimum absolute atomic E-state index is 0.536. The minimum atomic E-state index is 0.536. The molecule has 0 bridgehead atoms. The Bertz CT molecular complexity index is 962. The topological polar surface area (TPSA) is 81.7 Å². The number of hydrogen-bond acceptors (Lipinski definition) is 6. The summed E-state index contributed by atoms with van der Waals surface area (Å²) in [5.74, 6) is 2.27. The van der Waals surface area contributed by atoms with E-state index in [-0.39, 0.29) is 0 Å². The highest BCUT2D eigenvalue weighted by Gasteiger charge is 2.14. The van der Waals surface area contributed by atoms with E-state index in [2.05, 4.69) is 37.7 Å². The van der Waals surface area contributed by atoms with Gasteiger partial charge in [-0.2, -0.15) is 0 Å². The molecule has 1 N–H and O–H groups in total. The van der Waals surface area contributed by atoms with Gasteiger partial charge < -0.3 is 9.73 Å². The smallest absolute Gasteiger partial charge is 0.184 e. The number of furan rings is 1. The number of nitrogens with one attached hydrogen (secondary N) is 1. The fraction of sp³-hybridized carbons (Fsp3) is 0.222. The molecule has 0 spiro atoms. The third-order valence-corrected chi connectivity index (χ3v) is 3.91. The van der Waals surface area contributed by atoms with Gasteiger partial charge in [-0.25, -0.2) is 14.6 Å². The second kappa shape index (κ2) is 6.72. The average Bonchev–Trinajstić information content (AvgIpc) is 3.31. The zero-order valence-corrected chi connectivity index (χ0v) is 13.9. The molecule has 0 fully saturated rings. The maximum Gasteiger partial charge on any atom is 0.184 e. The van der Waals surface area contributed by atoms with Gasteiger partial charge in [-0.1, -0.05) is 42.5 Å². The first-order chi connectivity index (χ1) is 12.3. The lowest BCUT2D eigenvalue weighted by Gasteiger charge is -2.07. The standard InChI is InChI=1S/C18H18N6O/c1-2-15-20-17(19-11-14-9-6-10-25-14)16-18(21-15)24(23-22-16)12-13-7-4-3-5-8-13/h3-10H,2,11-12H2,1H3,(H,19,20,21). The van der Waals surface area contributed by atoms with Crippen molar-refractivity contribution in [3.05, 3.63) is 65.9 Å². The molecule has 0 aliphatic heterocycles. The van der Waals surface area contributed by atoms with Gasteiger partial charge in [0.1, 0.15) is 11.6 Å². The van der Waals surface area contributed by atoms with E-state index in [1.165, 1.54) is 0 Å². The fourth-order valence-electron chi connectivity index (χ4n) is 2.63. The summed E-state index contributed by atoms with van der Waals surface area (Å²) >= 11 is 0. The molecule has 0 aliphatic carbocycles. The van der Waals surface area contributed by atoms with Crippen LogP contribution in [0.15, 0.2) is 53.1 Å². The van der Waals surface area contributed by atoms with Gasteiger partial charge in [-0.15, -0.1) is 5.10 Å². The molecular weight excluding hydrogens is 316 g/mol. The highest BCUT2D eigenvalue weighted by atomic mass is 16.3. The van der Waals surface area contributed by atoms with E-state index < -0.39 is 0 Å². The second-order valence-corrected chi connectivity index (χ2v) is 5.68. The van der Waals surface area contributed by atoms with Crippen LogP contribution in [0.25, 0.3) is 11.2 Å². The quantitative estimate of drug-likeness (QED) is 0.584. The molecule has 7 heteroatoms. The summed E-state index contributed by atoms with van der Waals surface area (Å²) in [6, 6.07) is 13.9. The Balaban J connectivity index is 1.68. The maximum atomic E-state index is 5.36. The molecular formula is C18H18N6O. The number of fused-ring (bicyclic) bond motifs is 1. The molecule has 3 aromatic heterocycles. The van der Waals surface area contributed by atoms with Gasteiger partial charge in [0, 0.05) is 6.42 Å². The van der Waals surface area contributed by atoms with E-state index in [4.69, 9.17) is 4.42 Å². The molecule has 0 unspecified atom stereocenters. The summed E-state index contributed by atoms with van der Waals surface area (Å²) in [5.41, 5.74) is 2.55. The van der Waals surface area contributed by atoms with Crippen LogP contribution in [0.1, 0.15) is 24.1 Å². The maximum absolute atomic E-state index is 5.36. The Hall–Kier alpha value is -3.22. The molecule has 25 heavy (non-hydrogen) atoms. The first kappa shape index (κ1) is 15.3. The van der Waals surface area contributed by atoms with Crippen molar-refractivity contribution < 1.29 is 4.42 Å². The fourth-order valence-corrected chi connectivity index (χ4v) is 2.63. The van der Waals surface area contributed by atoms with Gasteiger partial charge in [-0.05, 0) is 17.7 Å². The van der Waals surface area contributed by atoms with Crippen LogP contribution in [-0.2, 0) is 19.5 Å². The lowest BCUT2D eigenvalue weighted by molar-refractivity contribution is 0.518. The summed E-state index contributed by atoms with van der Waals surface area (Å²) in [4.78, 5) is 9.18. The Morgan fingerprint density at radius 2 is 1.96 bits per heavy atom. The summed E-state index contributed by atoms with van der Waals surface area (Å²) in [7, 11) is 0. The van der Waals surface area contributed by atoms with Crippen LogP contribution in [0.2, 0.25) is 0 Å². The van der Waals surface area contributed by atoms with Crippen LogP contribution < -0.4 is 5.32 Å². The van der Waals surface area contributed by atoms with Crippen molar-refractivity contribution in [2.75, 3.05) is 5.32 Å². The van der Waals surface area contributed by atoms with Crippen molar-refractivity contribution in [3.63, 3.8) is 0 Å². The van der Waals surface area contributed by atoms with Crippen molar-refractivity contribution in [1.82, 2.24) is 25.0 Å². The Labute approximate surface area is 144 Å². The van der Waals surface area contributed by atoms with Crippen LogP contribution in [-0.4, -0.2) is 25.0 Å². The van der Waals surface area contributed by atoms with Crippen molar-refractivity contribution in [2.24, 2.45) is 0 Å². The summed E-state index contributed by atoms with van der Waals surface area (Å²) in [5, 5.41) is 11.8. The van der Waals surface area contributed by atoms with Crippen molar-refractivity contribution in [3.8, 4) is 0 Å². The average molecular weight is 334 g/mol. The molecule has 1 aromatic carbocycles. The molecule has 7 nitrogen and oxygen atoms in total. The first-order valence-corrected chi connectivity index (χ1v) is 8.24. The Kier molecular flexibility index (Phi) is 4.12. The van der Waals surface area contributed by atoms with E-state index in [0.717, 1.165) is 29.2 Å². The lowest BCUT2D eigenvalue weighted by Crippen LogP contribution is -2.07. The van der Waals surface area contributed by atoms with E-state index in [9.17, 15) is 0 Å². The van der Waals surface area contributed by atoms with E-state index in [1.54, 1.807) is 6.26 Å². The third kappa shape index (κ3) is 3.21. The van der Waals surface area contributed by atoms with Crippen LogP contribution in [0.5, 0.6) is 0 Å². The van der Waals surface area contributed by atoms with E-state index >= 15 is 0 Å². The number of nitrogens with zero attached hydrogens (tertiary/aromatic N) is 5. The monoisotopic (exact) mass is 334 g/mol. The molecule has 0 atom stereocenters. The van der Waals surface area contributed by atoms with Gasteiger partial charge in [0.2, 0.25) is 0 Å².